The van der Waals surface area contributed by atoms with Crippen LogP contribution >= 0.6 is 0 Å². The minimum absolute atomic E-state index is 0.475. The van der Waals surface area contributed by atoms with E-state index < -0.39 is 0 Å². The number of fused-ring (bicyclic) bond motifs is 1. The molecule has 0 unspecified atom stereocenters. The maximum absolute atomic E-state index is 8.24. The third kappa shape index (κ3) is 4.79. The summed E-state index contributed by atoms with van der Waals surface area (Å²) in [6.45, 7) is 5.86. The average Bonchev–Trinajstić information content (AvgIpc) is 2.74. The van der Waals surface area contributed by atoms with E-state index in [0.29, 0.717) is 11.8 Å². The van der Waals surface area contributed by atoms with Gasteiger partial charge in [0.1, 0.15) is 0 Å². The molecule has 2 fully saturated rings. The summed E-state index contributed by atoms with van der Waals surface area (Å²) in [5.74, 6) is 0.781. The van der Waals surface area contributed by atoms with Gasteiger partial charge in [-0.2, -0.15) is 0 Å². The molecule has 2 heterocycles. The smallest absolute Gasteiger partial charge is 0.0925 e. The van der Waals surface area contributed by atoms with E-state index in [2.05, 4.69) is 27.3 Å². The van der Waals surface area contributed by atoms with Crippen LogP contribution in [0.15, 0.2) is 30.6 Å². The van der Waals surface area contributed by atoms with Gasteiger partial charge >= 0.3 is 0 Å². The predicted octanol–water partition coefficient (Wildman–Crippen LogP) is 2.95. The summed E-state index contributed by atoms with van der Waals surface area (Å²) < 4.78 is 5.46. The van der Waals surface area contributed by atoms with Crippen LogP contribution in [0.5, 0.6) is 0 Å². The second-order valence-corrected chi connectivity index (χ2v) is 8.34. The first-order valence-electron chi connectivity index (χ1n) is 11.0. The van der Waals surface area contributed by atoms with Crippen molar-refractivity contribution in [3.63, 3.8) is 0 Å². The lowest BCUT2D eigenvalue weighted by molar-refractivity contribution is 0.122. The molecule has 1 aliphatic heterocycles. The first-order chi connectivity index (χ1) is 14.6. The maximum Gasteiger partial charge on any atom is 0.0925 e. The molecule has 2 aliphatic rings. The molecule has 4 N–H and O–H groups in total. The number of benzene rings is 1. The number of nitrogens with zero attached hydrogens (tertiary/aromatic N) is 3. The molecule has 4 rings (SSSR count). The highest BCUT2D eigenvalue weighted by Gasteiger charge is 2.27. The third-order valence-electron chi connectivity index (χ3n) is 6.10. The molecule has 1 aromatic carbocycles. The van der Waals surface area contributed by atoms with Crippen molar-refractivity contribution in [1.29, 1.82) is 5.41 Å². The fourth-order valence-corrected chi connectivity index (χ4v) is 4.24. The van der Waals surface area contributed by atoms with Gasteiger partial charge in [-0.1, -0.05) is 0 Å². The van der Waals surface area contributed by atoms with Crippen molar-refractivity contribution in [1.82, 2.24) is 15.3 Å². The van der Waals surface area contributed by atoms with Gasteiger partial charge in [-0.15, -0.1) is 0 Å². The van der Waals surface area contributed by atoms with Crippen LogP contribution in [-0.2, 0) is 4.74 Å². The van der Waals surface area contributed by atoms with Gasteiger partial charge in [0.2, 0.25) is 0 Å². The maximum atomic E-state index is 8.24. The van der Waals surface area contributed by atoms with E-state index in [4.69, 9.17) is 20.9 Å². The molecule has 1 saturated carbocycles. The molecule has 1 aliphatic carbocycles. The summed E-state index contributed by atoms with van der Waals surface area (Å²) in [7, 11) is 0. The van der Waals surface area contributed by atoms with Crippen LogP contribution in [0.4, 0.5) is 5.69 Å². The number of rotatable bonds is 8. The Labute approximate surface area is 178 Å². The van der Waals surface area contributed by atoms with E-state index in [0.717, 1.165) is 73.2 Å². The lowest BCUT2D eigenvalue weighted by Gasteiger charge is -2.35. The van der Waals surface area contributed by atoms with Crippen LogP contribution in [0.3, 0.4) is 0 Å². The molecular formula is C23H32N6O. The summed E-state index contributed by atoms with van der Waals surface area (Å²) in [6.07, 6.45) is 8.40. The van der Waals surface area contributed by atoms with Crippen molar-refractivity contribution in [3.05, 3.63) is 36.3 Å². The summed E-state index contributed by atoms with van der Waals surface area (Å²) in [5, 5.41) is 11.7. The SMILES string of the molecule is CC(=N)/C(=C\NC1CC(CCCN)C1)c1cnc2ccc(N3CCOCC3)cc2n1. The van der Waals surface area contributed by atoms with Gasteiger partial charge in [0, 0.05) is 42.3 Å². The zero-order valence-corrected chi connectivity index (χ0v) is 17.7. The van der Waals surface area contributed by atoms with E-state index in [1.54, 1.807) is 13.1 Å². The van der Waals surface area contributed by atoms with Crippen LogP contribution in [-0.4, -0.2) is 54.6 Å². The molecule has 1 aromatic heterocycles. The summed E-state index contributed by atoms with van der Waals surface area (Å²) in [4.78, 5) is 11.8. The van der Waals surface area contributed by atoms with Crippen LogP contribution in [0.1, 0.15) is 38.3 Å². The Morgan fingerprint density at radius 1 is 1.30 bits per heavy atom. The molecule has 160 valence electrons. The van der Waals surface area contributed by atoms with Crippen LogP contribution in [0.25, 0.3) is 16.6 Å². The highest BCUT2D eigenvalue weighted by atomic mass is 16.5. The first kappa shape index (κ1) is 20.8. The van der Waals surface area contributed by atoms with E-state index in [1.807, 2.05) is 12.3 Å². The molecule has 7 heteroatoms. The monoisotopic (exact) mass is 408 g/mol. The second kappa shape index (κ2) is 9.53. The van der Waals surface area contributed by atoms with Gasteiger partial charge in [-0.05, 0) is 63.3 Å². The second-order valence-electron chi connectivity index (χ2n) is 8.34. The first-order valence-corrected chi connectivity index (χ1v) is 11.0. The molecule has 0 radical (unpaired) electrons. The number of ether oxygens (including phenoxy) is 1. The van der Waals surface area contributed by atoms with Crippen LogP contribution in [0.2, 0.25) is 0 Å². The number of anilines is 1. The minimum atomic E-state index is 0.475. The molecule has 1 saturated heterocycles. The minimum Gasteiger partial charge on any atom is -0.388 e. The van der Waals surface area contributed by atoms with Gasteiger partial charge in [0.05, 0.1) is 36.1 Å². The normalized spacial score (nSPS) is 22.1. The molecule has 0 atom stereocenters. The Kier molecular flexibility index (Phi) is 6.59. The fraction of sp³-hybridized carbons (Fsp3) is 0.522. The molecule has 0 amide bonds. The van der Waals surface area contributed by atoms with Crippen molar-refractivity contribution in [2.45, 2.75) is 38.6 Å². The van der Waals surface area contributed by atoms with Gasteiger partial charge < -0.3 is 26.1 Å². The highest BCUT2D eigenvalue weighted by Crippen LogP contribution is 2.31. The summed E-state index contributed by atoms with van der Waals surface area (Å²) in [5.41, 5.74) is 10.5. The lowest BCUT2D eigenvalue weighted by Crippen LogP contribution is -2.39. The van der Waals surface area contributed by atoms with Gasteiger partial charge in [-0.3, -0.25) is 4.98 Å². The number of allylic oxidation sites excluding steroid dienone is 1. The highest BCUT2D eigenvalue weighted by molar-refractivity contribution is 6.20. The largest absolute Gasteiger partial charge is 0.388 e. The van der Waals surface area contributed by atoms with Crippen molar-refractivity contribution < 1.29 is 4.74 Å². The van der Waals surface area contributed by atoms with Crippen molar-refractivity contribution >= 4 is 28.0 Å². The number of hydrogen-bond acceptors (Lipinski definition) is 7. The Morgan fingerprint density at radius 2 is 2.10 bits per heavy atom. The van der Waals surface area contributed by atoms with E-state index in [-0.39, 0.29) is 0 Å². The Hall–Kier alpha value is -2.51. The average molecular weight is 409 g/mol. The zero-order chi connectivity index (χ0) is 20.9. The predicted molar refractivity (Wildman–Crippen MR) is 122 cm³/mol. The number of nitrogens with one attached hydrogen (secondary N) is 2. The number of morpholine rings is 1. The summed E-state index contributed by atoms with van der Waals surface area (Å²) in [6, 6.07) is 6.68. The van der Waals surface area contributed by atoms with Crippen molar-refractivity contribution in [2.75, 3.05) is 37.7 Å². The molecule has 30 heavy (non-hydrogen) atoms. The standard InChI is InChI=1S/C23H32N6O/c1-16(25)20(14-26-18-11-17(12-18)3-2-6-24)23-15-27-21-5-4-19(13-22(21)28-23)29-7-9-30-10-8-29/h4-5,13-15,17-18,25-26H,2-3,6-12,24H2,1H3/b20-14+,25-16?. The number of hydrogen-bond donors (Lipinski definition) is 3. The zero-order valence-electron chi connectivity index (χ0n) is 17.7. The molecule has 0 spiro atoms. The topological polar surface area (TPSA) is 100 Å². The summed E-state index contributed by atoms with van der Waals surface area (Å²) >= 11 is 0. The quantitative estimate of drug-likeness (QED) is 0.581. The molecule has 7 nitrogen and oxygen atoms in total. The van der Waals surface area contributed by atoms with Gasteiger partial charge in [-0.25, -0.2) is 4.98 Å². The lowest BCUT2D eigenvalue weighted by atomic mass is 9.77. The van der Waals surface area contributed by atoms with Crippen molar-refractivity contribution in [3.8, 4) is 0 Å². The van der Waals surface area contributed by atoms with E-state index in [9.17, 15) is 0 Å². The van der Waals surface area contributed by atoms with Gasteiger partial charge in [0.25, 0.3) is 0 Å². The molecule has 2 aromatic rings. The Balaban J connectivity index is 1.49. The molecule has 0 bridgehead atoms. The number of aromatic nitrogens is 2. The van der Waals surface area contributed by atoms with Crippen LogP contribution < -0.4 is 16.0 Å². The fourth-order valence-electron chi connectivity index (χ4n) is 4.24. The Bertz CT molecular complexity index is 915. The van der Waals surface area contributed by atoms with Crippen LogP contribution in [0, 0.1) is 11.3 Å². The van der Waals surface area contributed by atoms with Crippen molar-refractivity contribution in [2.24, 2.45) is 11.7 Å². The molecular weight excluding hydrogens is 376 g/mol. The van der Waals surface area contributed by atoms with Gasteiger partial charge in [0.15, 0.2) is 0 Å². The van der Waals surface area contributed by atoms with E-state index >= 15 is 0 Å². The third-order valence-corrected chi connectivity index (χ3v) is 6.10. The number of nitrogens with two attached hydrogens (primary N) is 1. The Morgan fingerprint density at radius 3 is 2.83 bits per heavy atom. The van der Waals surface area contributed by atoms with E-state index in [1.165, 1.54) is 19.3 Å².